The van der Waals surface area contributed by atoms with Crippen molar-refractivity contribution in [2.24, 2.45) is 0 Å². The average molecular weight is 193 g/mol. The number of nitrogen functional groups attached to an aromatic ring is 2. The first-order chi connectivity index (χ1) is 6.25. The van der Waals surface area contributed by atoms with Gasteiger partial charge in [-0.2, -0.15) is 0 Å². The summed E-state index contributed by atoms with van der Waals surface area (Å²) in [4.78, 5) is 4.09. The molecule has 0 bridgehead atoms. The zero-order valence-electron chi connectivity index (χ0n) is 6.64. The maximum atomic E-state index is 5.49. The molecular formula is C7H7N5S. The van der Waals surface area contributed by atoms with E-state index in [2.05, 4.69) is 15.2 Å². The summed E-state index contributed by atoms with van der Waals surface area (Å²) in [7, 11) is 0. The van der Waals surface area contributed by atoms with Gasteiger partial charge in [0.05, 0.1) is 11.9 Å². The highest BCUT2D eigenvalue weighted by atomic mass is 32.1. The van der Waals surface area contributed by atoms with Crippen LogP contribution in [0.3, 0.4) is 0 Å². The van der Waals surface area contributed by atoms with Crippen molar-refractivity contribution >= 4 is 22.2 Å². The first-order valence-corrected chi connectivity index (χ1v) is 4.38. The van der Waals surface area contributed by atoms with E-state index in [1.54, 1.807) is 18.3 Å². The van der Waals surface area contributed by atoms with Gasteiger partial charge in [0, 0.05) is 0 Å². The minimum Gasteiger partial charge on any atom is -0.397 e. The van der Waals surface area contributed by atoms with Crippen molar-refractivity contribution in [2.75, 3.05) is 11.5 Å². The predicted octanol–water partition coefficient (Wildman–Crippen LogP) is 0.765. The third-order valence-corrected chi connectivity index (χ3v) is 2.22. The summed E-state index contributed by atoms with van der Waals surface area (Å²) in [6, 6.07) is 3.55. The zero-order chi connectivity index (χ0) is 9.26. The molecule has 0 fully saturated rings. The smallest absolute Gasteiger partial charge is 0.203 e. The highest BCUT2D eigenvalue weighted by molar-refractivity contribution is 7.18. The molecule has 4 N–H and O–H groups in total. The average Bonchev–Trinajstić information content (AvgIpc) is 2.53. The summed E-state index contributed by atoms with van der Waals surface area (Å²) in [5, 5.41) is 8.69. The van der Waals surface area contributed by atoms with Crippen LogP contribution in [0.2, 0.25) is 0 Å². The fourth-order valence-electron chi connectivity index (χ4n) is 0.870. The Morgan fingerprint density at radius 2 is 2.00 bits per heavy atom. The third-order valence-electron chi connectivity index (χ3n) is 1.45. The SMILES string of the molecule is Nc1ccc(-c2nnc(N)s2)nc1. The van der Waals surface area contributed by atoms with Gasteiger partial charge < -0.3 is 11.5 Å². The second-order valence-corrected chi connectivity index (χ2v) is 3.43. The minimum absolute atomic E-state index is 0.439. The van der Waals surface area contributed by atoms with Gasteiger partial charge in [0.1, 0.15) is 5.69 Å². The van der Waals surface area contributed by atoms with Crippen molar-refractivity contribution in [3.05, 3.63) is 18.3 Å². The van der Waals surface area contributed by atoms with Crippen LogP contribution < -0.4 is 11.5 Å². The minimum atomic E-state index is 0.439. The number of rotatable bonds is 1. The zero-order valence-corrected chi connectivity index (χ0v) is 7.45. The second-order valence-electron chi connectivity index (χ2n) is 2.42. The fourth-order valence-corrected chi connectivity index (χ4v) is 1.46. The van der Waals surface area contributed by atoms with Crippen molar-refractivity contribution in [3.63, 3.8) is 0 Å². The van der Waals surface area contributed by atoms with E-state index in [1.165, 1.54) is 11.3 Å². The Bertz CT molecular complexity index is 407. The van der Waals surface area contributed by atoms with Crippen LogP contribution in [0.4, 0.5) is 10.8 Å². The van der Waals surface area contributed by atoms with Crippen LogP contribution in [-0.2, 0) is 0 Å². The molecule has 0 aliphatic carbocycles. The van der Waals surface area contributed by atoms with Crippen molar-refractivity contribution < 1.29 is 0 Å². The quantitative estimate of drug-likeness (QED) is 0.697. The second kappa shape index (κ2) is 2.98. The molecule has 0 spiro atoms. The van der Waals surface area contributed by atoms with E-state index in [4.69, 9.17) is 11.5 Å². The highest BCUT2D eigenvalue weighted by Gasteiger charge is 2.04. The van der Waals surface area contributed by atoms with Gasteiger partial charge in [0.15, 0.2) is 5.01 Å². The molecule has 0 saturated carbocycles. The molecular weight excluding hydrogens is 186 g/mol. The summed E-state index contributed by atoms with van der Waals surface area (Å²) >= 11 is 1.30. The summed E-state index contributed by atoms with van der Waals surface area (Å²) in [5.74, 6) is 0. The van der Waals surface area contributed by atoms with E-state index < -0.39 is 0 Å². The number of pyridine rings is 1. The molecule has 0 saturated heterocycles. The normalized spacial score (nSPS) is 10.2. The molecule has 2 aromatic rings. The van der Waals surface area contributed by atoms with Crippen LogP contribution in [0.5, 0.6) is 0 Å². The van der Waals surface area contributed by atoms with Crippen LogP contribution in [0, 0.1) is 0 Å². The van der Waals surface area contributed by atoms with Crippen LogP contribution >= 0.6 is 11.3 Å². The number of hydrogen-bond acceptors (Lipinski definition) is 6. The molecule has 0 aliphatic heterocycles. The highest BCUT2D eigenvalue weighted by Crippen LogP contribution is 2.22. The molecule has 6 heteroatoms. The molecule has 0 radical (unpaired) electrons. The number of aromatic nitrogens is 3. The molecule has 5 nitrogen and oxygen atoms in total. The lowest BCUT2D eigenvalue weighted by atomic mass is 10.3. The standard InChI is InChI=1S/C7H7N5S/c8-4-1-2-5(10-3-4)6-11-12-7(9)13-6/h1-3H,8H2,(H2,9,12). The number of nitrogens with two attached hydrogens (primary N) is 2. The summed E-state index contributed by atoms with van der Waals surface area (Å²) in [6.07, 6.45) is 1.58. The predicted molar refractivity (Wildman–Crippen MR) is 52.0 cm³/mol. The molecule has 0 unspecified atom stereocenters. The van der Waals surface area contributed by atoms with Crippen molar-refractivity contribution in [2.45, 2.75) is 0 Å². The number of anilines is 2. The molecule has 2 heterocycles. The van der Waals surface area contributed by atoms with Crippen LogP contribution in [0.25, 0.3) is 10.7 Å². The van der Waals surface area contributed by atoms with Gasteiger partial charge in [0.2, 0.25) is 5.13 Å². The molecule has 66 valence electrons. The third kappa shape index (κ3) is 1.57. The number of nitrogens with zero attached hydrogens (tertiary/aromatic N) is 3. The Kier molecular flexibility index (Phi) is 1.82. The van der Waals surface area contributed by atoms with E-state index in [9.17, 15) is 0 Å². The van der Waals surface area contributed by atoms with Gasteiger partial charge >= 0.3 is 0 Å². The molecule has 0 aromatic carbocycles. The Balaban J connectivity index is 2.41. The van der Waals surface area contributed by atoms with Crippen molar-refractivity contribution in [1.82, 2.24) is 15.2 Å². The Morgan fingerprint density at radius 1 is 1.15 bits per heavy atom. The Labute approximate surface area is 78.4 Å². The van der Waals surface area contributed by atoms with Gasteiger partial charge in [-0.05, 0) is 12.1 Å². The molecule has 2 rings (SSSR count). The van der Waals surface area contributed by atoms with Crippen molar-refractivity contribution in [1.29, 1.82) is 0 Å². The molecule has 2 aromatic heterocycles. The molecule has 13 heavy (non-hydrogen) atoms. The first-order valence-electron chi connectivity index (χ1n) is 3.56. The van der Waals surface area contributed by atoms with E-state index in [0.717, 1.165) is 5.69 Å². The van der Waals surface area contributed by atoms with Crippen LogP contribution in [0.1, 0.15) is 0 Å². The monoisotopic (exact) mass is 193 g/mol. The van der Waals surface area contributed by atoms with Crippen LogP contribution in [0.15, 0.2) is 18.3 Å². The molecule has 0 aliphatic rings. The molecule has 0 atom stereocenters. The number of hydrogen-bond donors (Lipinski definition) is 2. The lowest BCUT2D eigenvalue weighted by Crippen LogP contribution is -1.87. The maximum absolute atomic E-state index is 5.49. The summed E-state index contributed by atoms with van der Waals surface area (Å²) in [6.45, 7) is 0. The summed E-state index contributed by atoms with van der Waals surface area (Å²) < 4.78 is 0. The van der Waals surface area contributed by atoms with E-state index in [1.807, 2.05) is 0 Å². The first kappa shape index (κ1) is 7.93. The van der Waals surface area contributed by atoms with Crippen LogP contribution in [-0.4, -0.2) is 15.2 Å². The van der Waals surface area contributed by atoms with Gasteiger partial charge in [-0.25, -0.2) is 0 Å². The lowest BCUT2D eigenvalue weighted by molar-refractivity contribution is 1.09. The van der Waals surface area contributed by atoms with E-state index >= 15 is 0 Å². The van der Waals surface area contributed by atoms with E-state index in [0.29, 0.717) is 15.8 Å². The van der Waals surface area contributed by atoms with Gasteiger partial charge in [-0.15, -0.1) is 10.2 Å². The maximum Gasteiger partial charge on any atom is 0.203 e. The van der Waals surface area contributed by atoms with Crippen molar-refractivity contribution in [3.8, 4) is 10.7 Å². The van der Waals surface area contributed by atoms with Gasteiger partial charge in [-0.3, -0.25) is 4.98 Å². The Morgan fingerprint density at radius 3 is 2.54 bits per heavy atom. The lowest BCUT2D eigenvalue weighted by Gasteiger charge is -1.93. The summed E-state index contributed by atoms with van der Waals surface area (Å²) in [5.41, 5.74) is 12.3. The fraction of sp³-hybridized carbons (Fsp3) is 0. The van der Waals surface area contributed by atoms with E-state index in [-0.39, 0.29) is 0 Å². The largest absolute Gasteiger partial charge is 0.397 e. The molecule has 0 amide bonds. The topological polar surface area (TPSA) is 90.7 Å². The van der Waals surface area contributed by atoms with Gasteiger partial charge in [-0.1, -0.05) is 11.3 Å². The Hall–Kier alpha value is -1.69. The van der Waals surface area contributed by atoms with Gasteiger partial charge in [0.25, 0.3) is 0 Å².